The van der Waals surface area contributed by atoms with E-state index in [1.54, 1.807) is 36.8 Å². The van der Waals surface area contributed by atoms with Gasteiger partial charge in [0.05, 0.1) is 18.8 Å². The monoisotopic (exact) mass is 396 g/mol. The number of anilines is 1. The Morgan fingerprint density at radius 3 is 2.79 bits per heavy atom. The molecule has 0 bridgehead atoms. The highest BCUT2D eigenvalue weighted by atomic mass is 16.5. The van der Waals surface area contributed by atoms with E-state index in [-0.39, 0.29) is 11.6 Å². The van der Waals surface area contributed by atoms with Crippen LogP contribution in [0.4, 0.5) is 5.95 Å². The van der Waals surface area contributed by atoms with E-state index in [0.29, 0.717) is 36.1 Å². The summed E-state index contributed by atoms with van der Waals surface area (Å²) in [6.45, 7) is 6.83. The van der Waals surface area contributed by atoms with Crippen LogP contribution >= 0.6 is 0 Å². The third-order valence-electron chi connectivity index (χ3n) is 4.37. The van der Waals surface area contributed by atoms with Crippen LogP contribution in [-0.4, -0.2) is 49.5 Å². The van der Waals surface area contributed by atoms with Crippen molar-refractivity contribution in [2.75, 3.05) is 18.6 Å². The van der Waals surface area contributed by atoms with Gasteiger partial charge in [0.15, 0.2) is 5.82 Å². The molecule has 2 heterocycles. The second-order valence-electron chi connectivity index (χ2n) is 6.80. The van der Waals surface area contributed by atoms with E-state index >= 15 is 0 Å². The first-order valence-corrected chi connectivity index (χ1v) is 9.33. The van der Waals surface area contributed by atoms with Gasteiger partial charge in [0.25, 0.3) is 0 Å². The Hall–Kier alpha value is -3.49. The summed E-state index contributed by atoms with van der Waals surface area (Å²) in [6, 6.07) is 7.00. The van der Waals surface area contributed by atoms with Gasteiger partial charge in [-0.05, 0) is 45.0 Å². The van der Waals surface area contributed by atoms with Crippen LogP contribution in [0.2, 0.25) is 0 Å². The van der Waals surface area contributed by atoms with Crippen LogP contribution < -0.4 is 9.64 Å². The quantitative estimate of drug-likeness (QED) is 0.619. The number of carboxylic acid groups (broad SMARTS) is 1. The van der Waals surface area contributed by atoms with Gasteiger partial charge in [0, 0.05) is 24.8 Å². The molecule has 2 aromatic heterocycles. The van der Waals surface area contributed by atoms with Crippen molar-refractivity contribution in [1.29, 1.82) is 0 Å². The highest BCUT2D eigenvalue weighted by molar-refractivity contribution is 5.92. The molecule has 0 fully saturated rings. The van der Waals surface area contributed by atoms with Gasteiger partial charge in [0.2, 0.25) is 5.95 Å². The molecule has 0 aliphatic rings. The van der Waals surface area contributed by atoms with Crippen LogP contribution in [0.3, 0.4) is 0 Å². The van der Waals surface area contributed by atoms with Crippen LogP contribution in [0.5, 0.6) is 5.75 Å². The summed E-state index contributed by atoms with van der Waals surface area (Å²) in [5.41, 5.74) is 1.40. The average molecular weight is 396 g/mol. The lowest BCUT2D eigenvalue weighted by molar-refractivity contribution is 0.0692. The molecule has 152 valence electrons. The number of ether oxygens (including phenoxy) is 1. The molecule has 9 heteroatoms. The number of benzene rings is 1. The van der Waals surface area contributed by atoms with Gasteiger partial charge in [-0.2, -0.15) is 0 Å². The smallest absolute Gasteiger partial charge is 0.339 e. The molecule has 29 heavy (non-hydrogen) atoms. The van der Waals surface area contributed by atoms with Crippen molar-refractivity contribution in [2.24, 2.45) is 0 Å². The molecule has 1 N–H and O–H groups in total. The van der Waals surface area contributed by atoms with Gasteiger partial charge >= 0.3 is 5.97 Å². The molecule has 3 aromatic rings. The summed E-state index contributed by atoms with van der Waals surface area (Å²) >= 11 is 0. The van der Waals surface area contributed by atoms with Gasteiger partial charge in [-0.1, -0.05) is 0 Å². The van der Waals surface area contributed by atoms with Gasteiger partial charge in [-0.25, -0.2) is 14.8 Å². The van der Waals surface area contributed by atoms with Crippen LogP contribution in [0.15, 0.2) is 36.8 Å². The Morgan fingerprint density at radius 1 is 1.31 bits per heavy atom. The fourth-order valence-electron chi connectivity index (χ4n) is 2.92. The van der Waals surface area contributed by atoms with E-state index in [1.165, 1.54) is 0 Å². The normalized spacial score (nSPS) is 10.9. The largest absolute Gasteiger partial charge is 0.493 e. The topological polar surface area (TPSA) is 106 Å². The summed E-state index contributed by atoms with van der Waals surface area (Å²) in [6.07, 6.45) is 3.36. The molecule has 9 nitrogen and oxygen atoms in total. The SMILES string of the molecule is CCOc1ccc(-c2ccnc(N(C)Cc3nncn3C(C)C)n2)cc1C(=O)O. The molecule has 0 amide bonds. The Morgan fingerprint density at radius 2 is 2.10 bits per heavy atom. The second kappa shape index (κ2) is 8.68. The molecule has 0 unspecified atom stereocenters. The third kappa shape index (κ3) is 4.50. The first kappa shape index (κ1) is 20.2. The maximum Gasteiger partial charge on any atom is 0.339 e. The lowest BCUT2D eigenvalue weighted by Crippen LogP contribution is -2.22. The number of carbonyl (C=O) groups is 1. The minimum Gasteiger partial charge on any atom is -0.493 e. The van der Waals surface area contributed by atoms with E-state index in [1.807, 2.05) is 23.4 Å². The van der Waals surface area contributed by atoms with Crippen molar-refractivity contribution in [2.45, 2.75) is 33.4 Å². The minimum atomic E-state index is -1.05. The Balaban J connectivity index is 1.88. The number of hydrogen-bond donors (Lipinski definition) is 1. The van der Waals surface area contributed by atoms with Gasteiger partial charge in [-0.15, -0.1) is 10.2 Å². The highest BCUT2D eigenvalue weighted by Gasteiger charge is 2.16. The summed E-state index contributed by atoms with van der Waals surface area (Å²) < 4.78 is 7.40. The fourth-order valence-corrected chi connectivity index (χ4v) is 2.92. The lowest BCUT2D eigenvalue weighted by Gasteiger charge is -2.18. The minimum absolute atomic E-state index is 0.0999. The standard InChI is InChI=1S/C20H24N6O3/c1-5-29-17-7-6-14(10-15(17)19(27)28)16-8-9-21-20(23-16)25(4)11-18-24-22-12-26(18)13(2)3/h6-10,12-13H,5,11H2,1-4H3,(H,27,28). The van der Waals surface area contributed by atoms with E-state index in [9.17, 15) is 9.90 Å². The molecule has 3 rings (SSSR count). The predicted molar refractivity (Wildman–Crippen MR) is 108 cm³/mol. The van der Waals surface area contributed by atoms with Crippen LogP contribution in [0.1, 0.15) is 43.0 Å². The molecule has 0 radical (unpaired) electrons. The first-order valence-electron chi connectivity index (χ1n) is 9.33. The number of nitrogens with zero attached hydrogens (tertiary/aromatic N) is 6. The Labute approximate surface area is 169 Å². The van der Waals surface area contributed by atoms with E-state index in [0.717, 1.165) is 5.82 Å². The van der Waals surface area contributed by atoms with Crippen molar-refractivity contribution < 1.29 is 14.6 Å². The van der Waals surface area contributed by atoms with E-state index < -0.39 is 5.97 Å². The Bertz CT molecular complexity index is 1000. The second-order valence-corrected chi connectivity index (χ2v) is 6.80. The summed E-state index contributed by atoms with van der Waals surface area (Å²) in [5.74, 6) is 0.607. The average Bonchev–Trinajstić information content (AvgIpc) is 3.17. The van der Waals surface area contributed by atoms with Crippen LogP contribution in [0.25, 0.3) is 11.3 Å². The van der Waals surface area contributed by atoms with Crippen LogP contribution in [0, 0.1) is 0 Å². The Kier molecular flexibility index (Phi) is 6.06. The molecule has 0 aliphatic heterocycles. The molecule has 0 atom stereocenters. The van der Waals surface area contributed by atoms with Crippen molar-refractivity contribution in [3.63, 3.8) is 0 Å². The molecule has 0 saturated carbocycles. The molecule has 0 spiro atoms. The number of hydrogen-bond acceptors (Lipinski definition) is 7. The van der Waals surface area contributed by atoms with Gasteiger partial charge in [0.1, 0.15) is 17.6 Å². The third-order valence-corrected chi connectivity index (χ3v) is 4.37. The molecular formula is C20H24N6O3. The van der Waals surface area contributed by atoms with Gasteiger partial charge < -0.3 is 19.3 Å². The van der Waals surface area contributed by atoms with Crippen molar-refractivity contribution in [3.05, 3.63) is 48.2 Å². The number of aromatic nitrogens is 5. The van der Waals surface area contributed by atoms with E-state index in [4.69, 9.17) is 4.74 Å². The zero-order valence-electron chi connectivity index (χ0n) is 16.9. The maximum absolute atomic E-state index is 11.6. The van der Waals surface area contributed by atoms with E-state index in [2.05, 4.69) is 34.0 Å². The number of aromatic carboxylic acids is 1. The van der Waals surface area contributed by atoms with Gasteiger partial charge in [-0.3, -0.25) is 0 Å². The summed E-state index contributed by atoms with van der Waals surface area (Å²) in [4.78, 5) is 22.4. The highest BCUT2D eigenvalue weighted by Crippen LogP contribution is 2.27. The predicted octanol–water partition coefficient (Wildman–Crippen LogP) is 3.05. The maximum atomic E-state index is 11.6. The first-order chi connectivity index (χ1) is 13.9. The summed E-state index contributed by atoms with van der Waals surface area (Å²) in [5, 5.41) is 17.6. The zero-order valence-corrected chi connectivity index (χ0v) is 16.9. The molecule has 1 aromatic carbocycles. The van der Waals surface area contributed by atoms with Crippen LogP contribution in [-0.2, 0) is 6.54 Å². The lowest BCUT2D eigenvalue weighted by atomic mass is 10.1. The molecule has 0 saturated heterocycles. The fraction of sp³-hybridized carbons (Fsp3) is 0.350. The van der Waals surface area contributed by atoms with Crippen molar-refractivity contribution in [1.82, 2.24) is 24.7 Å². The zero-order chi connectivity index (χ0) is 21.0. The number of rotatable bonds is 8. The number of carboxylic acids is 1. The molecular weight excluding hydrogens is 372 g/mol. The van der Waals surface area contributed by atoms with Crippen molar-refractivity contribution in [3.8, 4) is 17.0 Å². The van der Waals surface area contributed by atoms with Crippen molar-refractivity contribution >= 4 is 11.9 Å². The summed E-state index contributed by atoms with van der Waals surface area (Å²) in [7, 11) is 1.87. The molecule has 0 aliphatic carbocycles.